The van der Waals surface area contributed by atoms with Crippen LogP contribution in [0.4, 0.5) is 0 Å². The van der Waals surface area contributed by atoms with Crippen molar-refractivity contribution in [3.05, 3.63) is 53.6 Å². The largest absolute Gasteiger partial charge is 0.394 e. The summed E-state index contributed by atoms with van der Waals surface area (Å²) < 4.78 is 26.4. The van der Waals surface area contributed by atoms with Crippen molar-refractivity contribution in [1.29, 1.82) is 0 Å². The van der Waals surface area contributed by atoms with Crippen molar-refractivity contribution < 1.29 is 23.1 Å². The summed E-state index contributed by atoms with van der Waals surface area (Å²) >= 11 is 6.25. The fraction of sp³-hybridized carbons (Fsp3) is 0.350. The number of amides is 2. The van der Waals surface area contributed by atoms with Crippen molar-refractivity contribution >= 4 is 33.4 Å². The van der Waals surface area contributed by atoms with Crippen molar-refractivity contribution in [2.45, 2.75) is 12.1 Å². The number of hydrogen-bond acceptors (Lipinski definition) is 8. The first-order chi connectivity index (χ1) is 15.6. The molecule has 2 atom stereocenters. The first-order valence-corrected chi connectivity index (χ1v) is 12.0. The van der Waals surface area contributed by atoms with Gasteiger partial charge in [-0.3, -0.25) is 9.59 Å². The van der Waals surface area contributed by atoms with E-state index in [0.29, 0.717) is 17.0 Å². The molecule has 2 amide bonds. The fourth-order valence-corrected chi connectivity index (χ4v) is 4.94. The van der Waals surface area contributed by atoms with E-state index in [9.17, 15) is 23.1 Å². The number of halogens is 1. The van der Waals surface area contributed by atoms with Gasteiger partial charge in [0, 0.05) is 20.1 Å². The zero-order chi connectivity index (χ0) is 24.3. The summed E-state index contributed by atoms with van der Waals surface area (Å²) in [5.41, 5.74) is 1.19. The smallest absolute Gasteiger partial charge is 0.269 e. The van der Waals surface area contributed by atoms with E-state index in [2.05, 4.69) is 26.8 Å². The number of nitrogens with one attached hydrogen (secondary N) is 1. The number of aliphatic hydroxyl groups excluding tert-OH is 1. The Labute approximate surface area is 196 Å². The molecule has 0 radical (unpaired) electrons. The SMILES string of the molecule is C=CC(=O)N1C[C@H](c2cc(Cl)nc(-c3cc(C(=O)NC)ncn3)c2)N(S(C)(=O)=O)C[C@H]1CO. The number of sulfonamides is 1. The summed E-state index contributed by atoms with van der Waals surface area (Å²) in [7, 11) is -2.25. The Hall–Kier alpha value is -2.93. The van der Waals surface area contributed by atoms with E-state index in [0.717, 1.165) is 12.3 Å². The van der Waals surface area contributed by atoms with Gasteiger partial charge in [-0.15, -0.1) is 0 Å². The van der Waals surface area contributed by atoms with Crippen molar-refractivity contribution in [1.82, 2.24) is 29.5 Å². The zero-order valence-corrected chi connectivity index (χ0v) is 19.5. The second-order valence-corrected chi connectivity index (χ2v) is 9.68. The Bertz CT molecular complexity index is 1190. The predicted octanol–water partition coefficient (Wildman–Crippen LogP) is 0.243. The molecular weight excluding hydrogens is 472 g/mol. The average Bonchev–Trinajstić information content (AvgIpc) is 2.81. The van der Waals surface area contributed by atoms with Crippen molar-refractivity contribution in [2.75, 3.05) is 33.0 Å². The van der Waals surface area contributed by atoms with Crippen molar-refractivity contribution in [2.24, 2.45) is 0 Å². The third kappa shape index (κ3) is 5.36. The van der Waals surface area contributed by atoms with Crippen LogP contribution in [0.3, 0.4) is 0 Å². The minimum absolute atomic E-state index is 0.0316. The zero-order valence-electron chi connectivity index (χ0n) is 18.0. The Kier molecular flexibility index (Phi) is 7.42. The van der Waals surface area contributed by atoms with Gasteiger partial charge in [0.05, 0.1) is 36.3 Å². The van der Waals surface area contributed by atoms with Gasteiger partial charge in [0.25, 0.3) is 5.91 Å². The molecule has 2 aromatic rings. The number of nitrogens with zero attached hydrogens (tertiary/aromatic N) is 5. The average molecular weight is 495 g/mol. The fourth-order valence-electron chi connectivity index (χ4n) is 3.63. The summed E-state index contributed by atoms with van der Waals surface area (Å²) in [5, 5.41) is 12.3. The van der Waals surface area contributed by atoms with E-state index in [1.807, 2.05) is 0 Å². The lowest BCUT2D eigenvalue weighted by Crippen LogP contribution is -2.58. The quantitative estimate of drug-likeness (QED) is 0.429. The van der Waals surface area contributed by atoms with Gasteiger partial charge in [0.1, 0.15) is 17.2 Å². The molecule has 11 nitrogen and oxygen atoms in total. The van der Waals surface area contributed by atoms with Crippen LogP contribution >= 0.6 is 11.6 Å². The molecule has 0 spiro atoms. The topological polar surface area (TPSA) is 146 Å². The maximum Gasteiger partial charge on any atom is 0.269 e. The summed E-state index contributed by atoms with van der Waals surface area (Å²) in [6, 6.07) is 3.01. The highest BCUT2D eigenvalue weighted by atomic mass is 35.5. The molecule has 3 rings (SSSR count). The van der Waals surface area contributed by atoms with Crippen LogP contribution < -0.4 is 5.32 Å². The van der Waals surface area contributed by atoms with Crippen LogP contribution in [-0.2, 0) is 14.8 Å². The van der Waals surface area contributed by atoms with Gasteiger partial charge in [-0.2, -0.15) is 4.31 Å². The second-order valence-electron chi connectivity index (χ2n) is 7.36. The normalized spacial score (nSPS) is 19.2. The Morgan fingerprint density at radius 2 is 2.00 bits per heavy atom. The van der Waals surface area contributed by atoms with Crippen LogP contribution in [0.5, 0.6) is 0 Å². The molecule has 1 saturated heterocycles. The summed E-state index contributed by atoms with van der Waals surface area (Å²) in [6.07, 6.45) is 3.38. The molecule has 0 unspecified atom stereocenters. The van der Waals surface area contributed by atoms with Crippen LogP contribution in [0, 0.1) is 0 Å². The van der Waals surface area contributed by atoms with Gasteiger partial charge in [0.15, 0.2) is 0 Å². The van der Waals surface area contributed by atoms with Crippen LogP contribution in [0.15, 0.2) is 37.2 Å². The molecule has 0 aromatic carbocycles. The van der Waals surface area contributed by atoms with Gasteiger partial charge < -0.3 is 15.3 Å². The van der Waals surface area contributed by atoms with Gasteiger partial charge in [0.2, 0.25) is 15.9 Å². The highest BCUT2D eigenvalue weighted by Gasteiger charge is 2.40. The Balaban J connectivity index is 2.10. The number of hydrogen-bond donors (Lipinski definition) is 2. The van der Waals surface area contributed by atoms with Crippen LogP contribution in [0.2, 0.25) is 5.15 Å². The van der Waals surface area contributed by atoms with Gasteiger partial charge in [-0.1, -0.05) is 18.2 Å². The number of piperazine rings is 1. The Morgan fingerprint density at radius 3 is 2.61 bits per heavy atom. The van der Waals surface area contributed by atoms with Gasteiger partial charge in [-0.25, -0.2) is 23.4 Å². The van der Waals surface area contributed by atoms with Crippen LogP contribution in [0.25, 0.3) is 11.4 Å². The van der Waals surface area contributed by atoms with E-state index in [-0.39, 0.29) is 23.9 Å². The minimum Gasteiger partial charge on any atom is -0.394 e. The molecule has 0 saturated carbocycles. The molecule has 1 fully saturated rings. The molecule has 2 N–H and O–H groups in total. The van der Waals surface area contributed by atoms with Crippen molar-refractivity contribution in [3.8, 4) is 11.4 Å². The third-order valence-electron chi connectivity index (χ3n) is 5.23. The maximum atomic E-state index is 12.6. The van der Waals surface area contributed by atoms with Crippen LogP contribution in [0.1, 0.15) is 22.1 Å². The first kappa shape index (κ1) is 24.7. The van der Waals surface area contributed by atoms with E-state index in [1.54, 1.807) is 6.07 Å². The number of aromatic nitrogens is 3. The number of carbonyl (C=O) groups is 2. The lowest BCUT2D eigenvalue weighted by atomic mass is 10.0. The lowest BCUT2D eigenvalue weighted by molar-refractivity contribution is -0.132. The minimum atomic E-state index is -3.72. The van der Waals surface area contributed by atoms with Gasteiger partial charge >= 0.3 is 0 Å². The number of pyridine rings is 1. The van der Waals surface area contributed by atoms with Crippen molar-refractivity contribution in [3.63, 3.8) is 0 Å². The maximum absolute atomic E-state index is 12.6. The number of aliphatic hydroxyl groups is 1. The molecule has 1 aliphatic rings. The number of carbonyl (C=O) groups excluding carboxylic acids is 2. The molecule has 33 heavy (non-hydrogen) atoms. The molecule has 3 heterocycles. The van der Waals surface area contributed by atoms with E-state index < -0.39 is 40.5 Å². The molecule has 2 aromatic heterocycles. The van der Waals surface area contributed by atoms with Crippen LogP contribution in [-0.4, -0.2) is 88.5 Å². The third-order valence-corrected chi connectivity index (χ3v) is 6.68. The highest BCUT2D eigenvalue weighted by Crippen LogP contribution is 2.33. The Morgan fingerprint density at radius 1 is 1.27 bits per heavy atom. The number of rotatable bonds is 6. The predicted molar refractivity (Wildman–Crippen MR) is 121 cm³/mol. The van der Waals surface area contributed by atoms with E-state index >= 15 is 0 Å². The van der Waals surface area contributed by atoms with E-state index in [1.165, 1.54) is 34.7 Å². The first-order valence-electron chi connectivity index (χ1n) is 9.81. The lowest BCUT2D eigenvalue weighted by Gasteiger charge is -2.44. The highest BCUT2D eigenvalue weighted by molar-refractivity contribution is 7.88. The standard InChI is InChI=1S/C20H23ClN6O5S/c1-4-19(29)26-9-17(27(33(3,31)32)8-13(26)10-28)12-5-15(25-18(21)6-12)14-7-16(20(30)22-2)24-11-23-14/h4-7,11,13,17,28H,1,8-10H2,2-3H3,(H,22,30)/t13-,17+/m0/s1. The summed E-state index contributed by atoms with van der Waals surface area (Å²) in [6.45, 7) is 2.93. The summed E-state index contributed by atoms with van der Waals surface area (Å²) in [4.78, 5) is 38.0. The summed E-state index contributed by atoms with van der Waals surface area (Å²) in [5.74, 6) is -0.844. The molecule has 0 bridgehead atoms. The molecular formula is C20H23ClN6O5S. The molecule has 1 aliphatic heterocycles. The molecule has 0 aliphatic carbocycles. The van der Waals surface area contributed by atoms with E-state index in [4.69, 9.17) is 11.6 Å². The second kappa shape index (κ2) is 9.91. The van der Waals surface area contributed by atoms with Gasteiger partial charge in [-0.05, 0) is 29.8 Å². The molecule has 176 valence electrons. The molecule has 13 heteroatoms. The monoisotopic (exact) mass is 494 g/mol.